The maximum Gasteiger partial charge on any atom is 0.00788 e. The summed E-state index contributed by atoms with van der Waals surface area (Å²) in [5, 5.41) is 3.73. The van der Waals surface area contributed by atoms with Gasteiger partial charge in [-0.1, -0.05) is 56.5 Å². The zero-order valence-electron chi connectivity index (χ0n) is 12.1. The van der Waals surface area contributed by atoms with Crippen molar-refractivity contribution in [1.82, 2.24) is 5.32 Å². The van der Waals surface area contributed by atoms with E-state index in [9.17, 15) is 0 Å². The summed E-state index contributed by atoms with van der Waals surface area (Å²) < 4.78 is 0. The van der Waals surface area contributed by atoms with Gasteiger partial charge in [0.2, 0.25) is 0 Å². The molecule has 0 amide bonds. The van der Waals surface area contributed by atoms with Crippen LogP contribution in [0.15, 0.2) is 24.3 Å². The lowest BCUT2D eigenvalue weighted by atomic mass is 9.75. The highest BCUT2D eigenvalue weighted by atomic mass is 14.9. The highest BCUT2D eigenvalue weighted by Gasteiger charge is 2.29. The summed E-state index contributed by atoms with van der Waals surface area (Å²) >= 11 is 0. The summed E-state index contributed by atoms with van der Waals surface area (Å²) in [4.78, 5) is 0. The molecule has 0 radical (unpaired) electrons. The fraction of sp³-hybridized carbons (Fsp3) is 0.647. The molecule has 0 aliphatic heterocycles. The first kappa shape index (κ1) is 13.6. The van der Waals surface area contributed by atoms with Crippen molar-refractivity contribution in [3.8, 4) is 0 Å². The van der Waals surface area contributed by atoms with Crippen LogP contribution in [0.2, 0.25) is 0 Å². The molecule has 0 saturated heterocycles. The highest BCUT2D eigenvalue weighted by molar-refractivity contribution is 5.26. The molecule has 1 heteroatoms. The van der Waals surface area contributed by atoms with Crippen LogP contribution >= 0.6 is 0 Å². The molecule has 100 valence electrons. The van der Waals surface area contributed by atoms with Crippen LogP contribution in [0.4, 0.5) is 0 Å². The van der Waals surface area contributed by atoms with Gasteiger partial charge in [-0.25, -0.2) is 0 Å². The van der Waals surface area contributed by atoms with E-state index < -0.39 is 0 Å². The third-order valence-corrected chi connectivity index (χ3v) is 4.54. The van der Waals surface area contributed by atoms with Gasteiger partial charge in [-0.05, 0) is 43.7 Å². The third-order valence-electron chi connectivity index (χ3n) is 4.54. The van der Waals surface area contributed by atoms with E-state index in [0.29, 0.717) is 0 Å². The average Bonchev–Trinajstić information content (AvgIpc) is 2.34. The van der Waals surface area contributed by atoms with E-state index in [4.69, 9.17) is 0 Å². The fourth-order valence-corrected chi connectivity index (χ4v) is 2.81. The minimum absolute atomic E-state index is 0.761. The lowest BCUT2D eigenvalue weighted by Crippen LogP contribution is -2.42. The molecule has 1 aromatic carbocycles. The Labute approximate surface area is 112 Å². The molecular formula is C17H27N. The number of aryl methyl sites for hydroxylation is 1. The second kappa shape index (κ2) is 6.38. The van der Waals surface area contributed by atoms with Crippen LogP contribution in [0.1, 0.15) is 56.6 Å². The van der Waals surface area contributed by atoms with Gasteiger partial charge in [-0.2, -0.15) is 0 Å². The summed E-state index contributed by atoms with van der Waals surface area (Å²) in [6, 6.07) is 9.84. The minimum atomic E-state index is 0.761. The first-order valence-electron chi connectivity index (χ1n) is 7.52. The second-order valence-electron chi connectivity index (χ2n) is 5.87. The van der Waals surface area contributed by atoms with E-state index in [1.807, 2.05) is 0 Å². The zero-order valence-corrected chi connectivity index (χ0v) is 12.1. The largest absolute Gasteiger partial charge is 0.314 e. The van der Waals surface area contributed by atoms with Crippen LogP contribution in [0.3, 0.4) is 0 Å². The van der Waals surface area contributed by atoms with Gasteiger partial charge in [0.15, 0.2) is 0 Å². The Bertz CT molecular complexity index is 344. The van der Waals surface area contributed by atoms with E-state index in [2.05, 4.69) is 50.4 Å². The van der Waals surface area contributed by atoms with Crippen LogP contribution < -0.4 is 5.32 Å². The molecule has 1 nitrogen and oxygen atoms in total. The monoisotopic (exact) mass is 245 g/mol. The van der Waals surface area contributed by atoms with Gasteiger partial charge in [-0.15, -0.1) is 0 Å². The van der Waals surface area contributed by atoms with E-state index in [0.717, 1.165) is 17.9 Å². The predicted octanol–water partition coefficient (Wildman–Crippen LogP) is 4.27. The SMILES string of the molecule is CCC(CC)CNC1CC(c2ccc(C)cc2)C1. The van der Waals surface area contributed by atoms with Gasteiger partial charge in [0.25, 0.3) is 0 Å². The summed E-state index contributed by atoms with van der Waals surface area (Å²) in [5.41, 5.74) is 2.89. The van der Waals surface area contributed by atoms with Crippen LogP contribution in [0, 0.1) is 12.8 Å². The molecule has 18 heavy (non-hydrogen) atoms. The number of hydrogen-bond donors (Lipinski definition) is 1. The number of benzene rings is 1. The molecule has 1 N–H and O–H groups in total. The molecule has 0 spiro atoms. The molecular weight excluding hydrogens is 218 g/mol. The lowest BCUT2D eigenvalue weighted by Gasteiger charge is -2.37. The quantitative estimate of drug-likeness (QED) is 0.789. The van der Waals surface area contributed by atoms with E-state index in [1.165, 1.54) is 43.4 Å². The van der Waals surface area contributed by atoms with Crippen molar-refractivity contribution in [3.63, 3.8) is 0 Å². The highest BCUT2D eigenvalue weighted by Crippen LogP contribution is 2.36. The van der Waals surface area contributed by atoms with Gasteiger partial charge in [-0.3, -0.25) is 0 Å². The van der Waals surface area contributed by atoms with Crippen molar-refractivity contribution < 1.29 is 0 Å². The van der Waals surface area contributed by atoms with Crippen LogP contribution in [-0.4, -0.2) is 12.6 Å². The summed E-state index contributed by atoms with van der Waals surface area (Å²) in [7, 11) is 0. The Morgan fingerprint density at radius 3 is 2.28 bits per heavy atom. The summed E-state index contributed by atoms with van der Waals surface area (Å²) in [6.45, 7) is 7.96. The van der Waals surface area contributed by atoms with Crippen molar-refractivity contribution in [3.05, 3.63) is 35.4 Å². The topological polar surface area (TPSA) is 12.0 Å². The van der Waals surface area contributed by atoms with Crippen molar-refractivity contribution >= 4 is 0 Å². The minimum Gasteiger partial charge on any atom is -0.314 e. The Morgan fingerprint density at radius 2 is 1.72 bits per heavy atom. The zero-order chi connectivity index (χ0) is 13.0. The number of nitrogens with one attached hydrogen (secondary N) is 1. The van der Waals surface area contributed by atoms with Crippen LogP contribution in [0.5, 0.6) is 0 Å². The second-order valence-corrected chi connectivity index (χ2v) is 5.87. The molecule has 1 aliphatic carbocycles. The van der Waals surface area contributed by atoms with Gasteiger partial charge in [0.1, 0.15) is 0 Å². The van der Waals surface area contributed by atoms with Gasteiger partial charge in [0.05, 0.1) is 0 Å². The van der Waals surface area contributed by atoms with Gasteiger partial charge < -0.3 is 5.32 Å². The number of rotatable bonds is 6. The fourth-order valence-electron chi connectivity index (χ4n) is 2.81. The molecule has 0 unspecified atom stereocenters. The van der Waals surface area contributed by atoms with Crippen molar-refractivity contribution in [2.24, 2.45) is 5.92 Å². The van der Waals surface area contributed by atoms with Crippen molar-refractivity contribution in [1.29, 1.82) is 0 Å². The summed E-state index contributed by atoms with van der Waals surface area (Å²) in [6.07, 6.45) is 5.25. The average molecular weight is 245 g/mol. The third kappa shape index (κ3) is 3.35. The Kier molecular flexibility index (Phi) is 4.82. The molecule has 2 rings (SSSR count). The van der Waals surface area contributed by atoms with Crippen molar-refractivity contribution in [2.45, 2.75) is 58.4 Å². The lowest BCUT2D eigenvalue weighted by molar-refractivity contribution is 0.272. The molecule has 0 aromatic heterocycles. The van der Waals surface area contributed by atoms with Crippen LogP contribution in [0.25, 0.3) is 0 Å². The standard InChI is InChI=1S/C17H27N/c1-4-14(5-2)12-18-17-10-16(11-17)15-8-6-13(3)7-9-15/h6-9,14,16-18H,4-5,10-12H2,1-3H3. The molecule has 0 atom stereocenters. The summed E-state index contributed by atoms with van der Waals surface area (Å²) in [5.74, 6) is 1.66. The van der Waals surface area contributed by atoms with Crippen LogP contribution in [-0.2, 0) is 0 Å². The molecule has 0 bridgehead atoms. The first-order chi connectivity index (χ1) is 8.72. The predicted molar refractivity (Wildman–Crippen MR) is 79.0 cm³/mol. The molecule has 1 aliphatic rings. The van der Waals surface area contributed by atoms with E-state index >= 15 is 0 Å². The Balaban J connectivity index is 1.72. The molecule has 1 fully saturated rings. The normalized spacial score (nSPS) is 23.1. The molecule has 1 saturated carbocycles. The van der Waals surface area contributed by atoms with E-state index in [-0.39, 0.29) is 0 Å². The Morgan fingerprint density at radius 1 is 1.11 bits per heavy atom. The maximum atomic E-state index is 3.73. The van der Waals surface area contributed by atoms with E-state index in [1.54, 1.807) is 0 Å². The van der Waals surface area contributed by atoms with Gasteiger partial charge >= 0.3 is 0 Å². The first-order valence-corrected chi connectivity index (χ1v) is 7.52. The molecule has 1 aromatic rings. The molecule has 0 heterocycles. The smallest absolute Gasteiger partial charge is 0.00788 e. The Hall–Kier alpha value is -0.820. The maximum absolute atomic E-state index is 3.73. The van der Waals surface area contributed by atoms with Gasteiger partial charge in [0, 0.05) is 6.04 Å². The van der Waals surface area contributed by atoms with Crippen molar-refractivity contribution in [2.75, 3.05) is 6.54 Å². The number of hydrogen-bond acceptors (Lipinski definition) is 1.